The second kappa shape index (κ2) is 4.77. The molecule has 2 aromatic rings. The average molecular weight is 274 g/mol. The summed E-state index contributed by atoms with van der Waals surface area (Å²) in [5.41, 5.74) is 2.44. The number of hydrogen-bond acceptors (Lipinski definition) is 6. The van der Waals surface area contributed by atoms with Gasteiger partial charge in [0.1, 0.15) is 0 Å². The van der Waals surface area contributed by atoms with Gasteiger partial charge in [0, 0.05) is 23.9 Å². The molecule has 0 saturated heterocycles. The summed E-state index contributed by atoms with van der Waals surface area (Å²) in [4.78, 5) is 14.0. The van der Waals surface area contributed by atoms with Gasteiger partial charge in [0.05, 0.1) is 11.4 Å². The van der Waals surface area contributed by atoms with Crippen molar-refractivity contribution in [1.82, 2.24) is 9.59 Å². The van der Waals surface area contributed by atoms with E-state index in [2.05, 4.69) is 14.7 Å². The molecule has 0 spiro atoms. The molecule has 0 aliphatic carbocycles. The number of benzene rings is 1. The highest BCUT2D eigenvalue weighted by molar-refractivity contribution is 7.03. The number of nitrogens with zero attached hydrogens (tertiary/aromatic N) is 4. The Hall–Kier alpha value is -2.28. The van der Waals surface area contributed by atoms with Gasteiger partial charge in [-0.3, -0.25) is 4.79 Å². The molecule has 1 aromatic carbocycles. The summed E-state index contributed by atoms with van der Waals surface area (Å²) in [7, 11) is 0. The second-order valence-electron chi connectivity index (χ2n) is 4.06. The third-order valence-electron chi connectivity index (χ3n) is 3.02. The molecule has 1 aliphatic heterocycles. The van der Waals surface area contributed by atoms with Crippen molar-refractivity contribution in [3.63, 3.8) is 0 Å². The number of amides is 1. The van der Waals surface area contributed by atoms with Crippen molar-refractivity contribution < 1.29 is 10.0 Å². The fourth-order valence-electron chi connectivity index (χ4n) is 2.14. The van der Waals surface area contributed by atoms with E-state index >= 15 is 0 Å². The van der Waals surface area contributed by atoms with Crippen molar-refractivity contribution in [2.24, 2.45) is 5.16 Å². The lowest BCUT2D eigenvalue weighted by Gasteiger charge is -2.29. The smallest absolute Gasteiger partial charge is 0.279 e. The van der Waals surface area contributed by atoms with Crippen molar-refractivity contribution >= 4 is 28.8 Å². The van der Waals surface area contributed by atoms with Crippen LogP contribution in [0.4, 0.5) is 5.69 Å². The van der Waals surface area contributed by atoms with Gasteiger partial charge in [0.2, 0.25) is 0 Å². The van der Waals surface area contributed by atoms with E-state index in [-0.39, 0.29) is 5.91 Å². The Bertz CT molecular complexity index is 639. The Kier molecular flexibility index (Phi) is 2.96. The Morgan fingerprint density at radius 2 is 2.26 bits per heavy atom. The molecular formula is C12H10N4O2S. The second-order valence-corrected chi connectivity index (χ2v) is 4.67. The number of para-hydroxylation sites is 1. The SMILES string of the molecule is O=C(c1csnn1)N1CCC(=NO)c2ccccc21. The highest BCUT2D eigenvalue weighted by Gasteiger charge is 2.27. The Morgan fingerprint density at radius 1 is 1.42 bits per heavy atom. The van der Waals surface area contributed by atoms with Crippen LogP contribution in [0.25, 0.3) is 0 Å². The molecule has 0 saturated carbocycles. The highest BCUT2D eigenvalue weighted by Crippen LogP contribution is 2.28. The van der Waals surface area contributed by atoms with E-state index in [1.807, 2.05) is 24.3 Å². The topological polar surface area (TPSA) is 78.7 Å². The molecule has 0 bridgehead atoms. The molecule has 1 amide bonds. The van der Waals surface area contributed by atoms with Crippen molar-refractivity contribution in [3.8, 4) is 0 Å². The zero-order valence-electron chi connectivity index (χ0n) is 9.85. The number of fused-ring (bicyclic) bond motifs is 1. The van der Waals surface area contributed by atoms with Gasteiger partial charge in [-0.15, -0.1) is 5.10 Å². The predicted octanol–water partition coefficient (Wildman–Crippen LogP) is 1.77. The number of carbonyl (C=O) groups excluding carboxylic acids is 1. The van der Waals surface area contributed by atoms with Crippen molar-refractivity contribution in [3.05, 3.63) is 40.9 Å². The summed E-state index contributed by atoms with van der Waals surface area (Å²) >= 11 is 1.15. The number of oxime groups is 1. The zero-order chi connectivity index (χ0) is 13.2. The molecule has 6 nitrogen and oxygen atoms in total. The van der Waals surface area contributed by atoms with Crippen molar-refractivity contribution in [1.29, 1.82) is 0 Å². The molecule has 0 radical (unpaired) electrons. The highest BCUT2D eigenvalue weighted by atomic mass is 32.1. The van der Waals surface area contributed by atoms with Crippen molar-refractivity contribution in [2.75, 3.05) is 11.4 Å². The van der Waals surface area contributed by atoms with Gasteiger partial charge in [-0.1, -0.05) is 27.8 Å². The standard InChI is InChI=1S/C12H10N4O2S/c17-12(10-7-19-15-13-10)16-6-5-9(14-18)8-3-1-2-4-11(8)16/h1-4,7,18H,5-6H2. The molecule has 3 rings (SSSR count). The minimum Gasteiger partial charge on any atom is -0.411 e. The van der Waals surface area contributed by atoms with Gasteiger partial charge < -0.3 is 10.1 Å². The number of carbonyl (C=O) groups is 1. The van der Waals surface area contributed by atoms with E-state index in [0.717, 1.165) is 22.8 Å². The molecule has 0 fully saturated rings. The first kappa shape index (κ1) is 11.8. The quantitative estimate of drug-likeness (QED) is 0.635. The van der Waals surface area contributed by atoms with Gasteiger partial charge in [0.25, 0.3) is 5.91 Å². The summed E-state index contributed by atoms with van der Waals surface area (Å²) in [5, 5.41) is 17.7. The van der Waals surface area contributed by atoms with Gasteiger partial charge in [0.15, 0.2) is 5.69 Å². The van der Waals surface area contributed by atoms with Gasteiger partial charge in [-0.05, 0) is 17.6 Å². The predicted molar refractivity (Wildman–Crippen MR) is 71.0 cm³/mol. The van der Waals surface area contributed by atoms with Gasteiger partial charge in [-0.2, -0.15) is 0 Å². The molecule has 0 unspecified atom stereocenters. The maximum absolute atomic E-state index is 12.3. The van der Waals surface area contributed by atoms with E-state index in [4.69, 9.17) is 5.21 Å². The molecule has 7 heteroatoms. The van der Waals surface area contributed by atoms with Crippen LogP contribution < -0.4 is 4.90 Å². The van der Waals surface area contributed by atoms with Gasteiger partial charge in [-0.25, -0.2) is 0 Å². The van der Waals surface area contributed by atoms with Crippen LogP contribution in [0.2, 0.25) is 0 Å². The summed E-state index contributed by atoms with van der Waals surface area (Å²) in [6, 6.07) is 7.36. The van der Waals surface area contributed by atoms with Crippen LogP contribution >= 0.6 is 11.5 Å². The summed E-state index contributed by atoms with van der Waals surface area (Å²) in [5.74, 6) is -0.182. The molecule has 1 N–H and O–H groups in total. The molecule has 0 atom stereocenters. The number of anilines is 1. The summed E-state index contributed by atoms with van der Waals surface area (Å²) < 4.78 is 3.71. The van der Waals surface area contributed by atoms with Crippen LogP contribution in [0.1, 0.15) is 22.5 Å². The first-order chi connectivity index (χ1) is 9.31. The lowest BCUT2D eigenvalue weighted by atomic mass is 9.99. The number of aromatic nitrogens is 2. The van der Waals surface area contributed by atoms with Crippen LogP contribution in [0.15, 0.2) is 34.8 Å². The molecule has 1 aromatic heterocycles. The Labute approximate surface area is 113 Å². The maximum atomic E-state index is 12.3. The lowest BCUT2D eigenvalue weighted by molar-refractivity contribution is 0.0982. The normalized spacial score (nSPS) is 16.4. The minimum atomic E-state index is -0.182. The van der Waals surface area contributed by atoms with Gasteiger partial charge >= 0.3 is 0 Å². The summed E-state index contributed by atoms with van der Waals surface area (Å²) in [6.07, 6.45) is 0.511. The number of rotatable bonds is 1. The molecular weight excluding hydrogens is 264 g/mol. The maximum Gasteiger partial charge on any atom is 0.279 e. The monoisotopic (exact) mass is 274 g/mol. The molecule has 2 heterocycles. The van der Waals surface area contributed by atoms with Crippen LogP contribution in [0.3, 0.4) is 0 Å². The van der Waals surface area contributed by atoms with E-state index in [1.54, 1.807) is 10.3 Å². The first-order valence-corrected chi connectivity index (χ1v) is 6.54. The molecule has 1 aliphatic rings. The van der Waals surface area contributed by atoms with E-state index in [0.29, 0.717) is 24.4 Å². The summed E-state index contributed by atoms with van der Waals surface area (Å²) in [6.45, 7) is 0.465. The van der Waals surface area contributed by atoms with Crippen LogP contribution in [-0.2, 0) is 0 Å². The Balaban J connectivity index is 2.03. The fraction of sp³-hybridized carbons (Fsp3) is 0.167. The largest absolute Gasteiger partial charge is 0.411 e. The third kappa shape index (κ3) is 1.97. The van der Waals surface area contributed by atoms with Crippen LogP contribution in [0, 0.1) is 0 Å². The molecule has 96 valence electrons. The molecule has 19 heavy (non-hydrogen) atoms. The Morgan fingerprint density at radius 3 is 3.00 bits per heavy atom. The fourth-order valence-corrected chi connectivity index (χ4v) is 2.57. The van der Waals surface area contributed by atoms with E-state index in [9.17, 15) is 4.79 Å². The van der Waals surface area contributed by atoms with Crippen LogP contribution in [-0.4, -0.2) is 33.0 Å². The van der Waals surface area contributed by atoms with Crippen molar-refractivity contribution in [2.45, 2.75) is 6.42 Å². The first-order valence-electron chi connectivity index (χ1n) is 5.70. The third-order valence-corrected chi connectivity index (χ3v) is 3.53. The van der Waals surface area contributed by atoms with E-state index < -0.39 is 0 Å². The number of hydrogen-bond donors (Lipinski definition) is 1. The lowest BCUT2D eigenvalue weighted by Crippen LogP contribution is -2.37. The zero-order valence-corrected chi connectivity index (χ0v) is 10.7. The average Bonchev–Trinajstić information content (AvgIpc) is 2.99. The van der Waals surface area contributed by atoms with E-state index in [1.165, 1.54) is 0 Å². The minimum absolute atomic E-state index is 0.182. The van der Waals surface area contributed by atoms with Crippen LogP contribution in [0.5, 0.6) is 0 Å².